The van der Waals surface area contributed by atoms with Gasteiger partial charge in [0.1, 0.15) is 28.4 Å². The van der Waals surface area contributed by atoms with Gasteiger partial charge in [0.2, 0.25) is 0 Å². The number of carbonyl (C=O) groups excluding carboxylic acids is 2. The molecule has 290 valence electrons. The molecule has 3 heterocycles. The second-order valence-electron chi connectivity index (χ2n) is 14.4. The molecular formula is C31H36BF5N4O9S3. The Morgan fingerprint density at radius 3 is 1.60 bits per heavy atom. The van der Waals surface area contributed by atoms with E-state index in [4.69, 9.17) is 18.8 Å². The van der Waals surface area contributed by atoms with Crippen LogP contribution in [0, 0.1) is 11.6 Å². The maximum atomic E-state index is 14.3. The van der Waals surface area contributed by atoms with E-state index in [2.05, 4.69) is 24.8 Å². The molecule has 4 aromatic rings. The second kappa shape index (κ2) is 14.4. The van der Waals surface area contributed by atoms with E-state index >= 15 is 0 Å². The molecule has 0 aliphatic carbocycles. The van der Waals surface area contributed by atoms with Crippen molar-refractivity contribution < 1.29 is 62.9 Å². The Morgan fingerprint density at radius 1 is 0.755 bits per heavy atom. The zero-order chi connectivity index (χ0) is 40.1. The Morgan fingerprint density at radius 2 is 1.17 bits per heavy atom. The molecule has 2 amide bonds. The lowest BCUT2D eigenvalue weighted by molar-refractivity contribution is -0.0499. The zero-order valence-electron chi connectivity index (χ0n) is 30.1. The van der Waals surface area contributed by atoms with Gasteiger partial charge in [-0.25, -0.2) is 28.3 Å². The SMILES string of the molecule is CC(C)(C)OC(=O)Nc1nc2c(B3OC(C)(C)C(C)(C)O3)ccc(F)c2s1.CC(C)(C)OC(=O)Nc1nc2c(OS(=O)(=O)C(F)(F)F)ccc(F)c2s1. The first kappa shape index (κ1) is 41.9. The van der Waals surface area contributed by atoms with E-state index < -0.39 is 80.2 Å². The summed E-state index contributed by atoms with van der Waals surface area (Å²) >= 11 is 1.61. The fourth-order valence-corrected chi connectivity index (χ4v) is 6.46. The van der Waals surface area contributed by atoms with Crippen LogP contribution in [-0.2, 0) is 28.9 Å². The number of fused-ring (bicyclic) bond motifs is 2. The summed E-state index contributed by atoms with van der Waals surface area (Å²) in [7, 11) is -6.63. The van der Waals surface area contributed by atoms with E-state index in [9.17, 15) is 40.0 Å². The third kappa shape index (κ3) is 10.0. The van der Waals surface area contributed by atoms with Crippen molar-refractivity contribution in [1.82, 2.24) is 9.97 Å². The summed E-state index contributed by atoms with van der Waals surface area (Å²) in [4.78, 5) is 31.8. The maximum absolute atomic E-state index is 14.3. The van der Waals surface area contributed by atoms with E-state index in [1.54, 1.807) is 47.6 Å². The quantitative estimate of drug-likeness (QED) is 0.0867. The highest BCUT2D eigenvalue weighted by molar-refractivity contribution is 7.88. The van der Waals surface area contributed by atoms with Crippen LogP contribution >= 0.6 is 22.7 Å². The van der Waals surface area contributed by atoms with E-state index in [1.165, 1.54) is 6.07 Å². The van der Waals surface area contributed by atoms with Crippen LogP contribution in [0.3, 0.4) is 0 Å². The molecule has 5 rings (SSSR count). The van der Waals surface area contributed by atoms with Gasteiger partial charge in [-0.3, -0.25) is 10.6 Å². The predicted octanol–water partition coefficient (Wildman–Crippen LogP) is 8.09. The summed E-state index contributed by atoms with van der Waals surface area (Å²) in [6.45, 7) is 17.9. The van der Waals surface area contributed by atoms with Crippen molar-refractivity contribution in [3.8, 4) is 5.75 Å². The van der Waals surface area contributed by atoms with Gasteiger partial charge < -0.3 is 23.0 Å². The van der Waals surface area contributed by atoms with Crippen molar-refractivity contribution in [1.29, 1.82) is 0 Å². The minimum atomic E-state index is -5.96. The number of benzene rings is 2. The second-order valence-corrected chi connectivity index (χ2v) is 17.9. The van der Waals surface area contributed by atoms with Crippen molar-refractivity contribution in [2.45, 2.75) is 97.1 Å². The monoisotopic (exact) mass is 810 g/mol. The number of rotatable bonds is 5. The zero-order valence-corrected chi connectivity index (χ0v) is 32.5. The summed E-state index contributed by atoms with van der Waals surface area (Å²) < 4.78 is 114. The van der Waals surface area contributed by atoms with Gasteiger partial charge in [0.25, 0.3) is 0 Å². The molecule has 2 N–H and O–H groups in total. The number of hydrogen-bond donors (Lipinski definition) is 2. The number of carbonyl (C=O) groups is 2. The normalized spacial score (nSPS) is 15.9. The van der Waals surface area contributed by atoms with Crippen LogP contribution in [0.4, 0.5) is 41.8 Å². The van der Waals surface area contributed by atoms with E-state index in [0.29, 0.717) is 33.1 Å². The fraction of sp³-hybridized carbons (Fsp3) is 0.484. The van der Waals surface area contributed by atoms with Crippen LogP contribution in [0.15, 0.2) is 24.3 Å². The number of anilines is 2. The summed E-state index contributed by atoms with van der Waals surface area (Å²) in [6, 6.07) is 4.38. The van der Waals surface area contributed by atoms with Gasteiger partial charge in [-0.1, -0.05) is 28.7 Å². The molecule has 22 heteroatoms. The number of nitrogens with one attached hydrogen (secondary N) is 2. The van der Waals surface area contributed by atoms with E-state index in [-0.39, 0.29) is 15.0 Å². The first-order valence-electron chi connectivity index (χ1n) is 15.5. The van der Waals surface area contributed by atoms with Gasteiger partial charge in [-0.15, -0.1) is 0 Å². The van der Waals surface area contributed by atoms with Crippen molar-refractivity contribution in [3.05, 3.63) is 35.9 Å². The van der Waals surface area contributed by atoms with Crippen LogP contribution in [-0.4, -0.2) is 65.6 Å². The van der Waals surface area contributed by atoms with Crippen LogP contribution in [0.2, 0.25) is 0 Å². The molecule has 0 saturated carbocycles. The molecule has 2 aromatic heterocycles. The summed E-state index contributed by atoms with van der Waals surface area (Å²) in [5.74, 6) is -2.13. The van der Waals surface area contributed by atoms with E-state index in [0.717, 1.165) is 17.4 Å². The number of alkyl halides is 3. The predicted molar refractivity (Wildman–Crippen MR) is 190 cm³/mol. The van der Waals surface area contributed by atoms with Crippen molar-refractivity contribution >= 4 is 88.3 Å². The van der Waals surface area contributed by atoms with Crippen molar-refractivity contribution in [2.75, 3.05) is 10.6 Å². The highest BCUT2D eigenvalue weighted by Crippen LogP contribution is 2.39. The third-order valence-electron chi connectivity index (χ3n) is 7.19. The maximum Gasteiger partial charge on any atom is 0.534 e. The minimum absolute atomic E-state index is 0.214. The molecule has 0 bridgehead atoms. The number of nitrogens with zero attached hydrogens (tertiary/aromatic N) is 2. The molecule has 13 nitrogen and oxygen atoms in total. The Labute approximate surface area is 309 Å². The highest BCUT2D eigenvalue weighted by Gasteiger charge is 2.52. The van der Waals surface area contributed by atoms with Gasteiger partial charge in [0, 0.05) is 5.46 Å². The topological polar surface area (TPSA) is 164 Å². The number of hydrogen-bond acceptors (Lipinski definition) is 13. The Balaban J connectivity index is 0.000000237. The molecule has 1 fully saturated rings. The third-order valence-corrected chi connectivity index (χ3v) is 10.1. The Bertz CT molecular complexity index is 2130. The molecular weight excluding hydrogens is 774 g/mol. The van der Waals surface area contributed by atoms with Gasteiger partial charge in [0.05, 0.1) is 26.1 Å². The average molecular weight is 811 g/mol. The number of thiazole rings is 2. The lowest BCUT2D eigenvalue weighted by Crippen LogP contribution is -2.41. The molecule has 1 aliphatic rings. The highest BCUT2D eigenvalue weighted by atomic mass is 32.2. The molecule has 1 aliphatic heterocycles. The molecule has 1 saturated heterocycles. The average Bonchev–Trinajstić information content (AvgIpc) is 3.62. The number of amides is 2. The van der Waals surface area contributed by atoms with Gasteiger partial charge in [-0.05, 0) is 87.4 Å². The summed E-state index contributed by atoms with van der Waals surface area (Å²) in [5.41, 5.74) is -7.64. The summed E-state index contributed by atoms with van der Waals surface area (Å²) in [6.07, 6.45) is -1.57. The fourth-order valence-electron chi connectivity index (χ4n) is 4.23. The Hall–Kier alpha value is -3.86. The van der Waals surface area contributed by atoms with Crippen LogP contribution < -0.4 is 20.3 Å². The van der Waals surface area contributed by atoms with Crippen molar-refractivity contribution in [3.63, 3.8) is 0 Å². The largest absolute Gasteiger partial charge is 0.534 e. The molecule has 0 spiro atoms. The first-order valence-corrected chi connectivity index (χ1v) is 18.6. The molecule has 0 unspecified atom stereocenters. The number of aromatic nitrogens is 2. The minimum Gasteiger partial charge on any atom is -0.444 e. The van der Waals surface area contributed by atoms with Gasteiger partial charge in [0.15, 0.2) is 16.0 Å². The number of ether oxygens (including phenoxy) is 2. The van der Waals surface area contributed by atoms with Gasteiger partial charge in [-0.2, -0.15) is 21.6 Å². The first-order chi connectivity index (χ1) is 24.0. The van der Waals surface area contributed by atoms with Crippen LogP contribution in [0.1, 0.15) is 69.2 Å². The lowest BCUT2D eigenvalue weighted by Gasteiger charge is -2.32. The summed E-state index contributed by atoms with van der Waals surface area (Å²) in [5, 5.41) is 4.79. The van der Waals surface area contributed by atoms with Crippen LogP contribution in [0.5, 0.6) is 5.75 Å². The Kier molecular flexibility index (Phi) is 11.4. The van der Waals surface area contributed by atoms with Crippen LogP contribution in [0.25, 0.3) is 20.4 Å². The molecule has 0 radical (unpaired) electrons. The standard InChI is InChI=1S/C18H24BFN2O4S.C13H12F4N2O5S2/c1-16(2,3)24-15(23)22-14-21-12-10(8-9-11(20)13(12)27-14)19-25-17(4,5)18(6,7)26-19;1-12(2,3)23-11(20)19-10-18-8-7(5-4-6(14)9(8)25-10)24-26(21,22)13(15,16)17/h8-9H,1-7H3,(H,21,22,23);4-5H,1-3H3,(H,18,19,20). The lowest BCUT2D eigenvalue weighted by atomic mass is 9.78. The smallest absolute Gasteiger partial charge is 0.444 e. The van der Waals surface area contributed by atoms with E-state index in [1.807, 2.05) is 27.7 Å². The molecule has 2 aromatic carbocycles. The molecule has 0 atom stereocenters. The number of halogens is 5. The van der Waals surface area contributed by atoms with Gasteiger partial charge >= 0.3 is 34.9 Å². The van der Waals surface area contributed by atoms with Crippen molar-refractivity contribution in [2.24, 2.45) is 0 Å². The molecule has 53 heavy (non-hydrogen) atoms.